The maximum Gasteiger partial charge on any atom is 0.236 e. The van der Waals surface area contributed by atoms with Gasteiger partial charge in [-0.25, -0.2) is 0 Å². The Morgan fingerprint density at radius 1 is 1.31 bits per heavy atom. The van der Waals surface area contributed by atoms with E-state index in [1.54, 1.807) is 0 Å². The van der Waals surface area contributed by atoms with Gasteiger partial charge in [0.2, 0.25) is 5.91 Å². The lowest BCUT2D eigenvalue weighted by Gasteiger charge is -2.36. The molecular weight excluding hydrogens is 162 g/mol. The van der Waals surface area contributed by atoms with E-state index in [0.717, 1.165) is 12.1 Å². The predicted molar refractivity (Wildman–Crippen MR) is 50.2 cm³/mol. The summed E-state index contributed by atoms with van der Waals surface area (Å²) in [4.78, 5) is 11.5. The molecule has 1 spiro atoms. The third-order valence-corrected chi connectivity index (χ3v) is 2.92. The topological polar surface area (TPSA) is 29.1 Å². The van der Waals surface area contributed by atoms with Crippen molar-refractivity contribution in [3.05, 3.63) is 41.5 Å². The first-order valence-corrected chi connectivity index (χ1v) is 4.40. The molecule has 2 heteroatoms. The smallest absolute Gasteiger partial charge is 0.236 e. The minimum atomic E-state index is -0.323. The van der Waals surface area contributed by atoms with Gasteiger partial charge in [0.1, 0.15) is 5.41 Å². The number of rotatable bonds is 0. The van der Waals surface area contributed by atoms with Gasteiger partial charge >= 0.3 is 0 Å². The van der Waals surface area contributed by atoms with E-state index >= 15 is 0 Å². The number of hydrogen-bond acceptors (Lipinski definition) is 1. The molecule has 3 rings (SSSR count). The van der Waals surface area contributed by atoms with Crippen molar-refractivity contribution in [2.45, 2.75) is 5.41 Å². The average Bonchev–Trinajstić information content (AvgIpc) is 2.57. The maximum atomic E-state index is 11.5. The molecule has 13 heavy (non-hydrogen) atoms. The van der Waals surface area contributed by atoms with Gasteiger partial charge in [0, 0.05) is 6.54 Å². The zero-order valence-corrected chi connectivity index (χ0v) is 7.08. The molecule has 0 aromatic heterocycles. The van der Waals surface area contributed by atoms with Crippen LogP contribution in [0.3, 0.4) is 0 Å². The molecule has 0 bridgehead atoms. The highest BCUT2D eigenvalue weighted by atomic mass is 16.2. The van der Waals surface area contributed by atoms with Crippen molar-refractivity contribution in [2.75, 3.05) is 6.54 Å². The van der Waals surface area contributed by atoms with Gasteiger partial charge in [-0.15, -0.1) is 0 Å². The number of carbonyl (C=O) groups is 1. The first kappa shape index (κ1) is 6.89. The van der Waals surface area contributed by atoms with Gasteiger partial charge in [0.25, 0.3) is 0 Å². The van der Waals surface area contributed by atoms with Crippen LogP contribution in [0.5, 0.6) is 0 Å². The van der Waals surface area contributed by atoms with E-state index in [4.69, 9.17) is 0 Å². The Balaban J connectivity index is 2.22. The second-order valence-electron chi connectivity index (χ2n) is 3.57. The Hall–Kier alpha value is -1.57. The Morgan fingerprint density at radius 2 is 2.15 bits per heavy atom. The minimum Gasteiger partial charge on any atom is -0.353 e. The summed E-state index contributed by atoms with van der Waals surface area (Å²) in [6.45, 7) is 0.749. The van der Waals surface area contributed by atoms with Crippen molar-refractivity contribution in [1.82, 2.24) is 5.32 Å². The largest absolute Gasteiger partial charge is 0.353 e. The van der Waals surface area contributed by atoms with Crippen LogP contribution in [0.15, 0.2) is 30.3 Å². The second-order valence-corrected chi connectivity index (χ2v) is 3.57. The van der Waals surface area contributed by atoms with E-state index in [9.17, 15) is 4.79 Å². The van der Waals surface area contributed by atoms with Crippen LogP contribution in [0.1, 0.15) is 11.1 Å². The first-order valence-electron chi connectivity index (χ1n) is 4.40. The van der Waals surface area contributed by atoms with Crippen molar-refractivity contribution < 1.29 is 4.79 Å². The summed E-state index contributed by atoms with van der Waals surface area (Å²) in [6, 6.07) is 8.07. The Bertz CT molecular complexity index is 422. The normalized spacial score (nSPS) is 28.5. The highest BCUT2D eigenvalue weighted by molar-refractivity contribution is 6.00. The van der Waals surface area contributed by atoms with Crippen molar-refractivity contribution in [2.24, 2.45) is 0 Å². The SMILES string of the molecule is O=C1NCC12C=Cc1ccccc12. The Labute approximate surface area is 76.3 Å². The molecule has 1 N–H and O–H groups in total. The fourth-order valence-electron chi connectivity index (χ4n) is 2.07. The number of amides is 1. The average molecular weight is 171 g/mol. The summed E-state index contributed by atoms with van der Waals surface area (Å²) >= 11 is 0. The van der Waals surface area contributed by atoms with E-state index in [2.05, 4.69) is 5.32 Å². The third kappa shape index (κ3) is 0.663. The molecule has 1 heterocycles. The second kappa shape index (κ2) is 2.02. The minimum absolute atomic E-state index is 0.133. The maximum absolute atomic E-state index is 11.5. The highest BCUT2D eigenvalue weighted by Crippen LogP contribution is 2.39. The molecule has 1 aliphatic heterocycles. The molecule has 1 fully saturated rings. The molecular formula is C11H9NO. The van der Waals surface area contributed by atoms with Gasteiger partial charge in [0.15, 0.2) is 0 Å². The summed E-state index contributed by atoms with van der Waals surface area (Å²) in [6.07, 6.45) is 4.05. The van der Waals surface area contributed by atoms with Crippen LogP contribution in [0.4, 0.5) is 0 Å². The van der Waals surface area contributed by atoms with Gasteiger partial charge in [-0.3, -0.25) is 4.79 Å². The van der Waals surface area contributed by atoms with Crippen LogP contribution in [0, 0.1) is 0 Å². The zero-order valence-electron chi connectivity index (χ0n) is 7.08. The highest BCUT2D eigenvalue weighted by Gasteiger charge is 2.48. The summed E-state index contributed by atoms with van der Waals surface area (Å²) < 4.78 is 0. The first-order chi connectivity index (χ1) is 6.33. The van der Waals surface area contributed by atoms with E-state index < -0.39 is 0 Å². The number of carbonyl (C=O) groups excluding carboxylic acids is 1. The fraction of sp³-hybridized carbons (Fsp3) is 0.182. The molecule has 2 aliphatic rings. The number of benzene rings is 1. The van der Waals surface area contributed by atoms with E-state index in [1.165, 1.54) is 5.56 Å². The summed E-state index contributed by atoms with van der Waals surface area (Å²) in [5.74, 6) is 0.133. The fourth-order valence-corrected chi connectivity index (χ4v) is 2.07. The molecule has 0 saturated carbocycles. The lowest BCUT2D eigenvalue weighted by atomic mass is 9.76. The van der Waals surface area contributed by atoms with Crippen molar-refractivity contribution in [3.8, 4) is 0 Å². The molecule has 2 nitrogen and oxygen atoms in total. The molecule has 0 radical (unpaired) electrons. The monoisotopic (exact) mass is 171 g/mol. The van der Waals surface area contributed by atoms with Gasteiger partial charge in [0.05, 0.1) is 0 Å². The van der Waals surface area contributed by atoms with Crippen LogP contribution in [-0.2, 0) is 10.2 Å². The predicted octanol–water partition coefficient (Wildman–Crippen LogP) is 1.08. The lowest BCUT2D eigenvalue weighted by Crippen LogP contribution is -2.60. The van der Waals surface area contributed by atoms with Crippen molar-refractivity contribution in [1.29, 1.82) is 0 Å². The Kier molecular flexibility index (Phi) is 1.07. The quantitative estimate of drug-likeness (QED) is 0.581. The molecule has 1 atom stereocenters. The summed E-state index contributed by atoms with van der Waals surface area (Å²) in [5, 5.41) is 2.79. The summed E-state index contributed by atoms with van der Waals surface area (Å²) in [7, 11) is 0. The molecule has 1 aromatic rings. The van der Waals surface area contributed by atoms with E-state index in [0.29, 0.717) is 0 Å². The number of hydrogen-bond donors (Lipinski definition) is 1. The standard InChI is InChI=1S/C11H9NO/c13-10-11(7-12-10)6-5-8-3-1-2-4-9(8)11/h1-6H,7H2,(H,12,13). The van der Waals surface area contributed by atoms with Crippen LogP contribution < -0.4 is 5.32 Å². The molecule has 1 unspecified atom stereocenters. The number of nitrogens with one attached hydrogen (secondary N) is 1. The van der Waals surface area contributed by atoms with Crippen molar-refractivity contribution in [3.63, 3.8) is 0 Å². The summed E-state index contributed by atoms with van der Waals surface area (Å²) in [5.41, 5.74) is 2.01. The van der Waals surface area contributed by atoms with Crippen molar-refractivity contribution >= 4 is 12.0 Å². The Morgan fingerprint density at radius 3 is 2.85 bits per heavy atom. The number of β-lactam (4-membered cyclic amide) rings is 1. The molecule has 1 saturated heterocycles. The molecule has 1 aromatic carbocycles. The third-order valence-electron chi connectivity index (χ3n) is 2.92. The molecule has 64 valence electrons. The van der Waals surface area contributed by atoms with Gasteiger partial charge in [-0.2, -0.15) is 0 Å². The zero-order chi connectivity index (χ0) is 8.89. The van der Waals surface area contributed by atoms with Gasteiger partial charge in [-0.05, 0) is 11.1 Å². The lowest BCUT2D eigenvalue weighted by molar-refractivity contribution is -0.131. The van der Waals surface area contributed by atoms with Crippen LogP contribution >= 0.6 is 0 Å². The van der Waals surface area contributed by atoms with E-state index in [1.807, 2.05) is 36.4 Å². The van der Waals surface area contributed by atoms with Gasteiger partial charge in [-0.1, -0.05) is 36.4 Å². The molecule has 1 aliphatic carbocycles. The van der Waals surface area contributed by atoms with Crippen LogP contribution in [-0.4, -0.2) is 12.5 Å². The van der Waals surface area contributed by atoms with Crippen LogP contribution in [0.2, 0.25) is 0 Å². The van der Waals surface area contributed by atoms with E-state index in [-0.39, 0.29) is 11.3 Å². The van der Waals surface area contributed by atoms with Gasteiger partial charge < -0.3 is 5.32 Å². The number of fused-ring (bicyclic) bond motifs is 2. The molecule has 1 amide bonds. The van der Waals surface area contributed by atoms with Crippen LogP contribution in [0.25, 0.3) is 6.08 Å².